The van der Waals surface area contributed by atoms with Crippen LogP contribution < -0.4 is 9.64 Å². The monoisotopic (exact) mass is 354 g/mol. The fourth-order valence-corrected chi connectivity index (χ4v) is 3.17. The number of carbonyl (C=O) groups excluding carboxylic acids is 1. The molecule has 0 aliphatic carbocycles. The molecular formula is C22H30N2O2. The summed E-state index contributed by atoms with van der Waals surface area (Å²) in [7, 11) is 5.33. The second-order valence-corrected chi connectivity index (χ2v) is 7.11. The highest BCUT2D eigenvalue weighted by atomic mass is 16.5. The van der Waals surface area contributed by atoms with Gasteiger partial charge in [0.2, 0.25) is 0 Å². The molecule has 0 aromatic heterocycles. The van der Waals surface area contributed by atoms with Gasteiger partial charge in [-0.1, -0.05) is 51.1 Å². The summed E-state index contributed by atoms with van der Waals surface area (Å²) in [5.74, 6) is 1.57. The number of hydrogen-bond acceptors (Lipinski definition) is 2. The molecule has 140 valence electrons. The Morgan fingerprint density at radius 1 is 0.923 bits per heavy atom. The van der Waals surface area contributed by atoms with Crippen LogP contribution in [0, 0.1) is 11.8 Å². The summed E-state index contributed by atoms with van der Waals surface area (Å²) >= 11 is 0. The van der Waals surface area contributed by atoms with E-state index in [2.05, 4.69) is 32.9 Å². The van der Waals surface area contributed by atoms with Crippen molar-refractivity contribution < 1.29 is 9.53 Å². The zero-order valence-corrected chi connectivity index (χ0v) is 16.6. The number of rotatable bonds is 6. The van der Waals surface area contributed by atoms with Gasteiger partial charge in [0.05, 0.1) is 13.2 Å². The zero-order chi connectivity index (χ0) is 19.3. The van der Waals surface area contributed by atoms with E-state index in [0.717, 1.165) is 17.0 Å². The molecule has 0 heterocycles. The van der Waals surface area contributed by atoms with Crippen LogP contribution in [-0.4, -0.2) is 32.1 Å². The van der Waals surface area contributed by atoms with Crippen molar-refractivity contribution in [1.82, 2.24) is 4.90 Å². The molecule has 4 nitrogen and oxygen atoms in total. The topological polar surface area (TPSA) is 32.8 Å². The lowest BCUT2D eigenvalue weighted by Crippen LogP contribution is -2.43. The third-order valence-corrected chi connectivity index (χ3v) is 5.16. The SMILES string of the molecule is COc1ccc(N(C)C(=O)N(C)[C@@H](c2ccccc2)[C@H](C)C(C)C)cc1. The van der Waals surface area contributed by atoms with E-state index in [-0.39, 0.29) is 12.1 Å². The van der Waals surface area contributed by atoms with E-state index in [1.807, 2.05) is 61.5 Å². The quantitative estimate of drug-likeness (QED) is 0.713. The molecule has 2 rings (SSSR count). The molecule has 0 aliphatic rings. The lowest BCUT2D eigenvalue weighted by molar-refractivity contribution is 0.160. The number of methoxy groups -OCH3 is 1. The standard InChI is InChI=1S/C22H30N2O2/c1-16(2)17(3)21(18-10-8-7-9-11-18)24(5)22(25)23(4)19-12-14-20(26-6)15-13-19/h7-17,21H,1-6H3/t17-,21-/m1/s1. The van der Waals surface area contributed by atoms with Crippen LogP contribution >= 0.6 is 0 Å². The molecule has 0 fully saturated rings. The Balaban J connectivity index is 2.28. The van der Waals surface area contributed by atoms with Crippen LogP contribution in [0.3, 0.4) is 0 Å². The molecule has 0 aliphatic heterocycles. The Morgan fingerprint density at radius 2 is 1.50 bits per heavy atom. The lowest BCUT2D eigenvalue weighted by atomic mass is 9.85. The number of urea groups is 1. The molecule has 2 aromatic rings. The average molecular weight is 354 g/mol. The number of carbonyl (C=O) groups is 1. The van der Waals surface area contributed by atoms with Gasteiger partial charge in [-0.2, -0.15) is 0 Å². The van der Waals surface area contributed by atoms with Crippen molar-refractivity contribution in [2.45, 2.75) is 26.8 Å². The lowest BCUT2D eigenvalue weighted by Gasteiger charge is -2.37. The van der Waals surface area contributed by atoms with Gasteiger partial charge in [0.1, 0.15) is 5.75 Å². The van der Waals surface area contributed by atoms with Crippen LogP contribution in [0.25, 0.3) is 0 Å². The number of ether oxygens (including phenoxy) is 1. The number of hydrogen-bond donors (Lipinski definition) is 0. The van der Waals surface area contributed by atoms with Gasteiger partial charge in [-0.25, -0.2) is 4.79 Å². The Morgan fingerprint density at radius 3 is 2.00 bits per heavy atom. The molecule has 0 saturated carbocycles. The van der Waals surface area contributed by atoms with E-state index in [4.69, 9.17) is 4.74 Å². The number of nitrogens with zero attached hydrogens (tertiary/aromatic N) is 2. The van der Waals surface area contributed by atoms with E-state index in [1.165, 1.54) is 0 Å². The van der Waals surface area contributed by atoms with Crippen LogP contribution in [0.15, 0.2) is 54.6 Å². The maximum absolute atomic E-state index is 13.2. The number of anilines is 1. The van der Waals surface area contributed by atoms with Crippen molar-refractivity contribution >= 4 is 11.7 Å². The Labute approximate surface area is 157 Å². The average Bonchev–Trinajstić information content (AvgIpc) is 2.67. The van der Waals surface area contributed by atoms with E-state index < -0.39 is 0 Å². The second-order valence-electron chi connectivity index (χ2n) is 7.11. The third-order valence-electron chi connectivity index (χ3n) is 5.16. The predicted molar refractivity (Wildman–Crippen MR) is 108 cm³/mol. The van der Waals surface area contributed by atoms with Crippen molar-refractivity contribution in [2.24, 2.45) is 11.8 Å². The molecular weight excluding hydrogens is 324 g/mol. The van der Waals surface area contributed by atoms with Crippen LogP contribution in [0.5, 0.6) is 5.75 Å². The first-order chi connectivity index (χ1) is 12.4. The Bertz CT molecular complexity index is 698. The summed E-state index contributed by atoms with van der Waals surface area (Å²) in [6, 6.07) is 17.8. The highest BCUT2D eigenvalue weighted by molar-refractivity contribution is 5.91. The summed E-state index contributed by atoms with van der Waals surface area (Å²) in [5.41, 5.74) is 2.00. The molecule has 26 heavy (non-hydrogen) atoms. The first-order valence-corrected chi connectivity index (χ1v) is 9.06. The first kappa shape index (κ1) is 19.8. The van der Waals surface area contributed by atoms with Crippen LogP contribution in [-0.2, 0) is 0 Å². The molecule has 0 radical (unpaired) electrons. The van der Waals surface area contributed by atoms with E-state index in [0.29, 0.717) is 11.8 Å². The van der Waals surface area contributed by atoms with Crippen molar-refractivity contribution in [3.8, 4) is 5.75 Å². The van der Waals surface area contributed by atoms with Gasteiger partial charge in [0.15, 0.2) is 0 Å². The Kier molecular flexibility index (Phi) is 6.67. The van der Waals surface area contributed by atoms with E-state index >= 15 is 0 Å². The maximum atomic E-state index is 13.2. The van der Waals surface area contributed by atoms with Gasteiger partial charge >= 0.3 is 6.03 Å². The van der Waals surface area contributed by atoms with Crippen LogP contribution in [0.2, 0.25) is 0 Å². The Hall–Kier alpha value is -2.49. The fraction of sp³-hybridized carbons (Fsp3) is 0.409. The first-order valence-electron chi connectivity index (χ1n) is 9.06. The third kappa shape index (κ3) is 4.37. The van der Waals surface area contributed by atoms with Crippen molar-refractivity contribution in [2.75, 3.05) is 26.1 Å². The smallest absolute Gasteiger partial charge is 0.324 e. The van der Waals surface area contributed by atoms with Crippen molar-refractivity contribution in [1.29, 1.82) is 0 Å². The molecule has 0 N–H and O–H groups in total. The minimum absolute atomic E-state index is 0.0180. The highest BCUT2D eigenvalue weighted by Crippen LogP contribution is 2.33. The molecule has 2 aromatic carbocycles. The maximum Gasteiger partial charge on any atom is 0.324 e. The molecule has 0 spiro atoms. The minimum atomic E-state index is -0.0310. The van der Waals surface area contributed by atoms with Gasteiger partial charge in [-0.3, -0.25) is 4.90 Å². The predicted octanol–water partition coefficient (Wildman–Crippen LogP) is 5.22. The van der Waals surface area contributed by atoms with Gasteiger partial charge in [0.25, 0.3) is 0 Å². The molecule has 4 heteroatoms. The summed E-state index contributed by atoms with van der Waals surface area (Å²) in [6.07, 6.45) is 0. The van der Waals surface area contributed by atoms with Gasteiger partial charge in [0, 0.05) is 19.8 Å². The van der Waals surface area contributed by atoms with Crippen LogP contribution in [0.1, 0.15) is 32.4 Å². The summed E-state index contributed by atoms with van der Waals surface area (Å²) in [6.45, 7) is 6.61. The molecule has 2 atom stereocenters. The van der Waals surface area contributed by atoms with Crippen LogP contribution in [0.4, 0.5) is 10.5 Å². The second kappa shape index (κ2) is 8.75. The van der Waals surface area contributed by atoms with Gasteiger partial charge in [-0.15, -0.1) is 0 Å². The van der Waals surface area contributed by atoms with E-state index in [9.17, 15) is 4.79 Å². The van der Waals surface area contributed by atoms with E-state index in [1.54, 1.807) is 12.0 Å². The molecule has 0 saturated heterocycles. The highest BCUT2D eigenvalue weighted by Gasteiger charge is 2.30. The number of benzene rings is 2. The fourth-order valence-electron chi connectivity index (χ4n) is 3.17. The van der Waals surface area contributed by atoms with Gasteiger partial charge < -0.3 is 9.64 Å². The summed E-state index contributed by atoms with van der Waals surface area (Å²) in [4.78, 5) is 16.7. The van der Waals surface area contributed by atoms with Gasteiger partial charge in [-0.05, 0) is 41.7 Å². The number of amides is 2. The van der Waals surface area contributed by atoms with Crippen molar-refractivity contribution in [3.63, 3.8) is 0 Å². The van der Waals surface area contributed by atoms with Crippen molar-refractivity contribution in [3.05, 3.63) is 60.2 Å². The minimum Gasteiger partial charge on any atom is -0.497 e. The molecule has 2 amide bonds. The summed E-state index contributed by atoms with van der Waals surface area (Å²) < 4.78 is 5.20. The summed E-state index contributed by atoms with van der Waals surface area (Å²) in [5, 5.41) is 0. The normalized spacial score (nSPS) is 13.2. The largest absolute Gasteiger partial charge is 0.497 e. The zero-order valence-electron chi connectivity index (χ0n) is 16.6. The molecule has 0 bridgehead atoms. The molecule has 0 unspecified atom stereocenters.